The fourth-order valence-corrected chi connectivity index (χ4v) is 2.89. The second-order valence-corrected chi connectivity index (χ2v) is 8.29. The molecule has 1 heterocycles. The summed E-state index contributed by atoms with van der Waals surface area (Å²) < 4.78 is 16.4. The first kappa shape index (κ1) is 20.3. The van der Waals surface area contributed by atoms with Crippen LogP contribution in [-0.4, -0.2) is 35.9 Å². The molecule has 1 aromatic carbocycles. The highest BCUT2D eigenvalue weighted by molar-refractivity contribution is 6.32. The molecule has 150 valence electrons. The molecule has 1 amide bonds. The molecule has 2 aromatic rings. The van der Waals surface area contributed by atoms with E-state index in [1.54, 1.807) is 13.3 Å². The topological polar surface area (TPSA) is 69.7 Å². The Hall–Kier alpha value is -2.47. The number of aromatic nitrogens is 1. The van der Waals surface area contributed by atoms with Gasteiger partial charge in [0, 0.05) is 5.56 Å². The molecule has 0 atom stereocenters. The van der Waals surface area contributed by atoms with E-state index in [2.05, 4.69) is 10.3 Å². The third kappa shape index (κ3) is 5.29. The van der Waals surface area contributed by atoms with Crippen LogP contribution in [0.4, 0.5) is 4.79 Å². The predicted octanol–water partition coefficient (Wildman–Crippen LogP) is 4.85. The van der Waals surface area contributed by atoms with Crippen molar-refractivity contribution in [2.75, 3.05) is 13.7 Å². The monoisotopic (exact) mass is 404 g/mol. The van der Waals surface area contributed by atoms with Gasteiger partial charge < -0.3 is 19.5 Å². The van der Waals surface area contributed by atoms with Gasteiger partial charge in [-0.05, 0) is 57.4 Å². The van der Waals surface area contributed by atoms with Gasteiger partial charge in [0.1, 0.15) is 28.9 Å². The Labute approximate surface area is 170 Å². The van der Waals surface area contributed by atoms with Crippen molar-refractivity contribution < 1.29 is 19.0 Å². The molecular weight excluding hydrogens is 380 g/mol. The summed E-state index contributed by atoms with van der Waals surface area (Å²) in [5.41, 5.74) is 0.764. The van der Waals surface area contributed by atoms with Crippen LogP contribution in [0, 0.1) is 0 Å². The number of amides is 1. The minimum absolute atomic E-state index is 0.345. The number of rotatable bonds is 6. The van der Waals surface area contributed by atoms with Crippen LogP contribution in [0.15, 0.2) is 36.5 Å². The Kier molecular flexibility index (Phi) is 5.70. The molecule has 0 bridgehead atoms. The highest BCUT2D eigenvalue weighted by Crippen LogP contribution is 2.37. The molecule has 7 heteroatoms. The molecule has 0 radical (unpaired) electrons. The van der Waals surface area contributed by atoms with Crippen molar-refractivity contribution >= 4 is 17.7 Å². The lowest BCUT2D eigenvalue weighted by molar-refractivity contribution is 0.0477. The predicted molar refractivity (Wildman–Crippen MR) is 108 cm³/mol. The molecule has 6 nitrogen and oxygen atoms in total. The third-order valence-corrected chi connectivity index (χ3v) is 4.65. The van der Waals surface area contributed by atoms with E-state index in [-0.39, 0.29) is 5.54 Å². The number of nitrogens with zero attached hydrogens (tertiary/aromatic N) is 1. The standard InChI is InChI=1S/C21H25ClN2O4/c1-20(2,3)28-19(25)24-21(9-10-21)13-27-16-11-17(18(22)23-12-16)14-5-7-15(26-4)8-6-14/h5-8,11-12H,9-10,13H2,1-4H3,(H,24,25). The van der Waals surface area contributed by atoms with Gasteiger partial charge in [0.2, 0.25) is 0 Å². The highest BCUT2D eigenvalue weighted by Gasteiger charge is 2.46. The van der Waals surface area contributed by atoms with Gasteiger partial charge >= 0.3 is 6.09 Å². The largest absolute Gasteiger partial charge is 0.497 e. The zero-order valence-electron chi connectivity index (χ0n) is 16.5. The number of hydrogen-bond acceptors (Lipinski definition) is 5. The van der Waals surface area contributed by atoms with Gasteiger partial charge in [0.25, 0.3) is 0 Å². The first-order valence-corrected chi connectivity index (χ1v) is 9.51. The smallest absolute Gasteiger partial charge is 0.408 e. The zero-order chi connectivity index (χ0) is 20.4. The summed E-state index contributed by atoms with van der Waals surface area (Å²) in [6.07, 6.45) is 2.84. The third-order valence-electron chi connectivity index (χ3n) is 4.35. The molecule has 28 heavy (non-hydrogen) atoms. The molecule has 3 rings (SSSR count). The number of hydrogen-bond donors (Lipinski definition) is 1. The minimum Gasteiger partial charge on any atom is -0.497 e. The van der Waals surface area contributed by atoms with Crippen LogP contribution in [0.5, 0.6) is 11.5 Å². The van der Waals surface area contributed by atoms with E-state index in [1.165, 1.54) is 0 Å². The first-order chi connectivity index (χ1) is 13.2. The molecule has 1 N–H and O–H groups in total. The zero-order valence-corrected chi connectivity index (χ0v) is 17.3. The van der Waals surface area contributed by atoms with Gasteiger partial charge in [-0.25, -0.2) is 9.78 Å². The number of carbonyl (C=O) groups is 1. The maximum atomic E-state index is 12.0. The van der Waals surface area contributed by atoms with Gasteiger partial charge in [-0.2, -0.15) is 0 Å². The van der Waals surface area contributed by atoms with Crippen LogP contribution in [0.2, 0.25) is 5.15 Å². The van der Waals surface area contributed by atoms with Crippen molar-refractivity contribution in [1.82, 2.24) is 10.3 Å². The Morgan fingerprint density at radius 1 is 1.21 bits per heavy atom. The second kappa shape index (κ2) is 7.87. The van der Waals surface area contributed by atoms with Crippen LogP contribution >= 0.6 is 11.6 Å². The van der Waals surface area contributed by atoms with Crippen molar-refractivity contribution in [3.05, 3.63) is 41.7 Å². The van der Waals surface area contributed by atoms with Crippen molar-refractivity contribution in [3.63, 3.8) is 0 Å². The maximum Gasteiger partial charge on any atom is 0.408 e. The van der Waals surface area contributed by atoms with Gasteiger partial charge in [-0.3, -0.25) is 0 Å². The Morgan fingerprint density at radius 3 is 2.46 bits per heavy atom. The SMILES string of the molecule is COc1ccc(-c2cc(OCC3(NC(=O)OC(C)(C)C)CC3)cnc2Cl)cc1. The average molecular weight is 405 g/mol. The normalized spacial score (nSPS) is 14.9. The Morgan fingerprint density at radius 2 is 1.89 bits per heavy atom. The van der Waals surface area contributed by atoms with E-state index < -0.39 is 11.7 Å². The lowest BCUT2D eigenvalue weighted by atomic mass is 10.1. The Balaban J connectivity index is 1.66. The maximum absolute atomic E-state index is 12.0. The lowest BCUT2D eigenvalue weighted by Crippen LogP contribution is -2.44. The van der Waals surface area contributed by atoms with Gasteiger partial charge in [0.15, 0.2) is 0 Å². The number of nitrogens with one attached hydrogen (secondary N) is 1. The molecule has 1 fully saturated rings. The molecule has 0 saturated heterocycles. The van der Waals surface area contributed by atoms with Crippen LogP contribution in [0.1, 0.15) is 33.6 Å². The van der Waals surface area contributed by atoms with Crippen LogP contribution < -0.4 is 14.8 Å². The number of halogens is 1. The van der Waals surface area contributed by atoms with Crippen molar-refractivity contribution in [2.24, 2.45) is 0 Å². The van der Waals surface area contributed by atoms with E-state index in [4.69, 9.17) is 25.8 Å². The lowest BCUT2D eigenvalue weighted by Gasteiger charge is -2.23. The van der Waals surface area contributed by atoms with E-state index in [9.17, 15) is 4.79 Å². The van der Waals surface area contributed by atoms with Crippen LogP contribution in [0.25, 0.3) is 11.1 Å². The summed E-state index contributed by atoms with van der Waals surface area (Å²) in [7, 11) is 1.62. The minimum atomic E-state index is -0.533. The van der Waals surface area contributed by atoms with Gasteiger partial charge in [-0.15, -0.1) is 0 Å². The number of alkyl carbamates (subject to hydrolysis) is 1. The molecule has 0 spiro atoms. The van der Waals surface area contributed by atoms with Crippen molar-refractivity contribution in [1.29, 1.82) is 0 Å². The van der Waals surface area contributed by atoms with E-state index in [0.717, 1.165) is 29.7 Å². The molecular formula is C21H25ClN2O4. The van der Waals surface area contributed by atoms with Crippen LogP contribution in [0.3, 0.4) is 0 Å². The van der Waals surface area contributed by atoms with E-state index >= 15 is 0 Å². The summed E-state index contributed by atoms with van der Waals surface area (Å²) in [6, 6.07) is 9.41. The molecule has 1 aliphatic rings. The van der Waals surface area contributed by atoms with E-state index in [1.807, 2.05) is 51.1 Å². The number of methoxy groups -OCH3 is 1. The highest BCUT2D eigenvalue weighted by atomic mass is 35.5. The molecule has 0 unspecified atom stereocenters. The fraction of sp³-hybridized carbons (Fsp3) is 0.429. The summed E-state index contributed by atoms with van der Waals surface area (Å²) >= 11 is 6.27. The van der Waals surface area contributed by atoms with Gasteiger partial charge in [-0.1, -0.05) is 23.7 Å². The number of carbonyl (C=O) groups excluding carboxylic acids is 1. The second-order valence-electron chi connectivity index (χ2n) is 7.93. The quantitative estimate of drug-likeness (QED) is 0.697. The molecule has 0 aliphatic heterocycles. The number of benzene rings is 1. The number of pyridine rings is 1. The van der Waals surface area contributed by atoms with E-state index in [0.29, 0.717) is 17.5 Å². The summed E-state index contributed by atoms with van der Waals surface area (Å²) in [5, 5.41) is 3.31. The first-order valence-electron chi connectivity index (χ1n) is 9.14. The summed E-state index contributed by atoms with van der Waals surface area (Å²) in [4.78, 5) is 16.3. The van der Waals surface area contributed by atoms with Crippen molar-refractivity contribution in [2.45, 2.75) is 44.8 Å². The molecule has 1 aliphatic carbocycles. The van der Waals surface area contributed by atoms with Crippen molar-refractivity contribution in [3.8, 4) is 22.6 Å². The molecule has 1 aromatic heterocycles. The summed E-state index contributed by atoms with van der Waals surface area (Å²) in [5.74, 6) is 1.36. The van der Waals surface area contributed by atoms with Crippen LogP contribution in [-0.2, 0) is 4.74 Å². The number of ether oxygens (including phenoxy) is 3. The Bertz CT molecular complexity index is 842. The fourth-order valence-electron chi connectivity index (χ4n) is 2.68. The average Bonchev–Trinajstić information content (AvgIpc) is 3.39. The summed E-state index contributed by atoms with van der Waals surface area (Å²) in [6.45, 7) is 5.85. The van der Waals surface area contributed by atoms with Gasteiger partial charge in [0.05, 0.1) is 18.8 Å². The molecule has 1 saturated carbocycles.